The monoisotopic (exact) mass is 515 g/mol. The molecule has 0 N–H and O–H groups in total. The molecule has 1 nitrogen and oxygen atoms in total. The van der Waals surface area contributed by atoms with Crippen LogP contribution in [-0.2, 0) is 0 Å². The molecule has 0 radical (unpaired) electrons. The number of para-hydroxylation sites is 1. The molecule has 11 aromatic rings. The molecule has 0 bridgehead atoms. The minimum absolute atomic E-state index is 1.27. The van der Waals surface area contributed by atoms with Crippen molar-refractivity contribution in [2.75, 3.05) is 0 Å². The largest absolute Gasteiger partial charge is 0.307 e. The highest BCUT2D eigenvalue weighted by Crippen LogP contribution is 2.50. The molecule has 0 aliphatic carbocycles. The maximum Gasteiger partial charge on any atom is 0.0627 e. The van der Waals surface area contributed by atoms with Crippen molar-refractivity contribution in [1.29, 1.82) is 0 Å². The van der Waals surface area contributed by atoms with Gasteiger partial charge in [0.25, 0.3) is 0 Å². The lowest BCUT2D eigenvalue weighted by Crippen LogP contribution is -1.85. The molecule has 0 aliphatic rings. The van der Waals surface area contributed by atoms with Crippen LogP contribution in [0, 0.1) is 0 Å². The van der Waals surface area contributed by atoms with Crippen molar-refractivity contribution in [3.63, 3.8) is 0 Å². The number of aromatic nitrogens is 1. The van der Waals surface area contributed by atoms with E-state index in [2.05, 4.69) is 132 Å². The van der Waals surface area contributed by atoms with Gasteiger partial charge in [-0.1, -0.05) is 103 Å². The second kappa shape index (κ2) is 6.83. The number of nitrogens with zero attached hydrogens (tertiary/aromatic N) is 1. The molecule has 8 aromatic carbocycles. The molecular weight excluding hydrogens is 494 g/mol. The summed E-state index contributed by atoms with van der Waals surface area (Å²) in [6, 6.07) is 47.8. The van der Waals surface area contributed by atoms with E-state index in [4.69, 9.17) is 0 Å². The molecular formula is C40H21N. The number of hydrogen-bond acceptors (Lipinski definition) is 0. The van der Waals surface area contributed by atoms with Crippen molar-refractivity contribution in [3.05, 3.63) is 127 Å². The Morgan fingerprint density at radius 1 is 0.293 bits per heavy atom. The molecule has 0 aliphatic heterocycles. The normalized spacial score (nSPS) is 12.9. The van der Waals surface area contributed by atoms with Gasteiger partial charge in [0, 0.05) is 32.3 Å². The van der Waals surface area contributed by atoms with Gasteiger partial charge < -0.3 is 4.40 Å². The minimum Gasteiger partial charge on any atom is -0.307 e. The van der Waals surface area contributed by atoms with E-state index in [1.807, 2.05) is 0 Å². The third-order valence-corrected chi connectivity index (χ3v) is 9.77. The highest BCUT2D eigenvalue weighted by molar-refractivity contribution is 6.39. The number of rotatable bonds is 1. The van der Waals surface area contributed by atoms with Crippen molar-refractivity contribution in [1.82, 2.24) is 4.40 Å². The molecule has 0 spiro atoms. The Hall–Kier alpha value is -5.40. The van der Waals surface area contributed by atoms with Gasteiger partial charge >= 0.3 is 0 Å². The predicted molar refractivity (Wildman–Crippen MR) is 176 cm³/mol. The lowest BCUT2D eigenvalue weighted by atomic mass is 9.91. The first-order chi connectivity index (χ1) is 20.3. The fraction of sp³-hybridized carbons (Fsp3) is 0. The summed E-state index contributed by atoms with van der Waals surface area (Å²) < 4.78 is 2.55. The zero-order chi connectivity index (χ0) is 26.4. The highest BCUT2D eigenvalue weighted by atomic mass is 14.9. The Morgan fingerprint density at radius 3 is 1.54 bits per heavy atom. The predicted octanol–water partition coefficient (Wildman–Crippen LogP) is 11.1. The van der Waals surface area contributed by atoms with Crippen LogP contribution in [0.1, 0.15) is 0 Å². The van der Waals surface area contributed by atoms with Crippen LogP contribution < -0.4 is 0 Å². The van der Waals surface area contributed by atoms with E-state index < -0.39 is 0 Å². The van der Waals surface area contributed by atoms with Crippen LogP contribution in [0.3, 0.4) is 0 Å². The lowest BCUT2D eigenvalue weighted by molar-refractivity contribution is 1.41. The number of hydrogen-bond donors (Lipinski definition) is 0. The fourth-order valence-electron chi connectivity index (χ4n) is 8.13. The van der Waals surface area contributed by atoms with E-state index in [1.54, 1.807) is 0 Å². The van der Waals surface area contributed by atoms with Crippen LogP contribution in [-0.4, -0.2) is 4.40 Å². The van der Waals surface area contributed by atoms with Crippen LogP contribution >= 0.6 is 0 Å². The maximum atomic E-state index is 2.55. The Bertz CT molecular complexity index is 2810. The molecule has 0 unspecified atom stereocenters. The molecule has 0 saturated heterocycles. The van der Waals surface area contributed by atoms with E-state index in [0.717, 1.165) is 0 Å². The van der Waals surface area contributed by atoms with E-state index in [-0.39, 0.29) is 0 Å². The highest BCUT2D eigenvalue weighted by Gasteiger charge is 2.26. The van der Waals surface area contributed by atoms with Crippen LogP contribution in [0.15, 0.2) is 127 Å². The zero-order valence-corrected chi connectivity index (χ0v) is 22.1. The maximum absolute atomic E-state index is 2.55. The molecule has 3 aromatic heterocycles. The topological polar surface area (TPSA) is 4.41 Å². The average molecular weight is 516 g/mol. The van der Waals surface area contributed by atoms with Gasteiger partial charge in [-0.3, -0.25) is 0 Å². The van der Waals surface area contributed by atoms with Crippen LogP contribution in [0.25, 0.3) is 103 Å². The van der Waals surface area contributed by atoms with Gasteiger partial charge in [0.1, 0.15) is 0 Å². The average Bonchev–Trinajstić information content (AvgIpc) is 3.68. The van der Waals surface area contributed by atoms with Crippen molar-refractivity contribution < 1.29 is 0 Å². The van der Waals surface area contributed by atoms with Crippen LogP contribution in [0.2, 0.25) is 0 Å². The first kappa shape index (κ1) is 20.5. The van der Waals surface area contributed by atoms with Crippen molar-refractivity contribution in [3.8, 4) is 11.1 Å². The summed E-state index contributed by atoms with van der Waals surface area (Å²) in [6.07, 6.45) is 0. The molecule has 0 atom stereocenters. The Kier molecular flexibility index (Phi) is 3.42. The summed E-state index contributed by atoms with van der Waals surface area (Å²) in [6.45, 7) is 0. The second-order valence-corrected chi connectivity index (χ2v) is 11.7. The standard InChI is InChI=1S/C40H21N/c1-2-9-25-23(8-1)19-35-32-15-7-14-31-34-20-24(21-36-37(25)40(35)41(38(31)32)39(34)36)22-16-17-30-28-12-4-3-10-26(28)27-11-5-6-13-29(27)33(30)18-22/h1-21H. The summed E-state index contributed by atoms with van der Waals surface area (Å²) >= 11 is 0. The first-order valence-electron chi connectivity index (χ1n) is 14.4. The molecule has 41 heavy (non-hydrogen) atoms. The Labute approximate surface area is 234 Å². The molecule has 3 heterocycles. The Morgan fingerprint density at radius 2 is 0.805 bits per heavy atom. The van der Waals surface area contributed by atoms with E-state index >= 15 is 0 Å². The van der Waals surface area contributed by atoms with Crippen molar-refractivity contribution in [2.45, 2.75) is 0 Å². The molecule has 0 fully saturated rings. The van der Waals surface area contributed by atoms with Gasteiger partial charge in [-0.05, 0) is 78.5 Å². The quantitative estimate of drug-likeness (QED) is 0.192. The van der Waals surface area contributed by atoms with Crippen molar-refractivity contribution in [2.24, 2.45) is 0 Å². The second-order valence-electron chi connectivity index (χ2n) is 11.7. The summed E-state index contributed by atoms with van der Waals surface area (Å²) in [5.74, 6) is 0. The summed E-state index contributed by atoms with van der Waals surface area (Å²) in [5.41, 5.74) is 6.63. The van der Waals surface area contributed by atoms with Crippen LogP contribution in [0.4, 0.5) is 0 Å². The third-order valence-electron chi connectivity index (χ3n) is 9.77. The van der Waals surface area contributed by atoms with Gasteiger partial charge in [-0.15, -0.1) is 0 Å². The van der Waals surface area contributed by atoms with Gasteiger partial charge in [0.15, 0.2) is 0 Å². The molecule has 186 valence electrons. The fourth-order valence-corrected chi connectivity index (χ4v) is 8.13. The van der Waals surface area contributed by atoms with Gasteiger partial charge in [-0.25, -0.2) is 0 Å². The molecule has 0 saturated carbocycles. The summed E-state index contributed by atoms with van der Waals surface area (Å²) in [5, 5.41) is 18.7. The first-order valence-corrected chi connectivity index (χ1v) is 14.4. The van der Waals surface area contributed by atoms with Gasteiger partial charge in [0.2, 0.25) is 0 Å². The Balaban J connectivity index is 1.32. The molecule has 0 amide bonds. The number of benzene rings is 8. The minimum atomic E-state index is 1.27. The van der Waals surface area contributed by atoms with Gasteiger partial charge in [0.05, 0.1) is 16.6 Å². The molecule has 11 rings (SSSR count). The van der Waals surface area contributed by atoms with E-state index in [9.17, 15) is 0 Å². The SMILES string of the molecule is c1ccc2c(c1)cc1c3cccc4c5cc(-c6ccc7c8ccccc8c8ccccc8c7c6)cc6c2c1n(c43)c56. The van der Waals surface area contributed by atoms with Crippen LogP contribution in [0.5, 0.6) is 0 Å². The lowest BCUT2D eigenvalue weighted by Gasteiger charge is -2.12. The summed E-state index contributed by atoms with van der Waals surface area (Å²) in [7, 11) is 0. The smallest absolute Gasteiger partial charge is 0.0627 e. The molecule has 1 heteroatoms. The third kappa shape index (κ3) is 2.29. The van der Waals surface area contributed by atoms with E-state index in [0.29, 0.717) is 0 Å². The summed E-state index contributed by atoms with van der Waals surface area (Å²) in [4.78, 5) is 0. The van der Waals surface area contributed by atoms with E-state index in [1.165, 1.54) is 103 Å². The van der Waals surface area contributed by atoms with Gasteiger partial charge in [-0.2, -0.15) is 0 Å². The number of fused-ring (bicyclic) bond motifs is 11. The zero-order valence-electron chi connectivity index (χ0n) is 22.1. The van der Waals surface area contributed by atoms with Crippen molar-refractivity contribution >= 4 is 92.0 Å².